The molecular formula is C12H18BrNOS. The predicted octanol–water partition coefficient (Wildman–Crippen LogP) is 4.20. The molecule has 4 heteroatoms. The van der Waals surface area contributed by atoms with Gasteiger partial charge in [0.1, 0.15) is 5.75 Å². The van der Waals surface area contributed by atoms with Gasteiger partial charge in [-0.05, 0) is 66.5 Å². The molecule has 0 atom stereocenters. The second-order valence-corrected chi connectivity index (χ2v) is 5.60. The molecule has 0 amide bonds. The number of ether oxygens (including phenoxy) is 1. The highest BCUT2D eigenvalue weighted by molar-refractivity contribution is 9.10. The first kappa shape index (κ1) is 13.9. The summed E-state index contributed by atoms with van der Waals surface area (Å²) in [7, 11) is 2.11. The van der Waals surface area contributed by atoms with E-state index in [0.29, 0.717) is 6.61 Å². The molecule has 0 aliphatic rings. The summed E-state index contributed by atoms with van der Waals surface area (Å²) in [5, 5.41) is 0. The van der Waals surface area contributed by atoms with Crippen LogP contribution in [0.2, 0.25) is 0 Å². The third-order valence-electron chi connectivity index (χ3n) is 2.00. The van der Waals surface area contributed by atoms with Crippen LogP contribution in [0, 0.1) is 0 Å². The van der Waals surface area contributed by atoms with Gasteiger partial charge in [-0.15, -0.1) is 0 Å². The van der Waals surface area contributed by atoms with E-state index in [1.807, 2.05) is 13.0 Å². The normalized spacial score (nSPS) is 10.8. The van der Waals surface area contributed by atoms with E-state index in [0.717, 1.165) is 16.8 Å². The Morgan fingerprint density at radius 3 is 2.69 bits per heavy atom. The van der Waals surface area contributed by atoms with Gasteiger partial charge < -0.3 is 4.74 Å². The molecule has 0 spiro atoms. The average Bonchev–Trinajstić information content (AvgIpc) is 2.22. The first-order chi connectivity index (χ1) is 7.67. The zero-order valence-electron chi connectivity index (χ0n) is 10.00. The van der Waals surface area contributed by atoms with Gasteiger partial charge in [0.25, 0.3) is 0 Å². The lowest BCUT2D eigenvalue weighted by Crippen LogP contribution is -2.09. The highest BCUT2D eigenvalue weighted by Crippen LogP contribution is 2.31. The summed E-state index contributed by atoms with van der Waals surface area (Å²) in [4.78, 5) is 1.23. The van der Waals surface area contributed by atoms with Crippen molar-refractivity contribution in [2.75, 3.05) is 20.2 Å². The van der Waals surface area contributed by atoms with Crippen LogP contribution in [0.25, 0.3) is 0 Å². The Balaban J connectivity index is 2.65. The Kier molecular flexibility index (Phi) is 6.24. The minimum atomic E-state index is 0.695. The zero-order chi connectivity index (χ0) is 12.0. The van der Waals surface area contributed by atoms with Gasteiger partial charge in [0.15, 0.2) is 0 Å². The predicted molar refractivity (Wildman–Crippen MR) is 74.1 cm³/mol. The van der Waals surface area contributed by atoms with Crippen LogP contribution in [0.3, 0.4) is 0 Å². The summed E-state index contributed by atoms with van der Waals surface area (Å²) >= 11 is 5.28. The van der Waals surface area contributed by atoms with Crippen molar-refractivity contribution in [2.45, 2.75) is 25.2 Å². The van der Waals surface area contributed by atoms with E-state index in [-0.39, 0.29) is 0 Å². The second kappa shape index (κ2) is 7.20. The summed E-state index contributed by atoms with van der Waals surface area (Å²) in [6.07, 6.45) is 1.17. The molecule has 1 rings (SSSR count). The molecule has 0 fully saturated rings. The lowest BCUT2D eigenvalue weighted by Gasteiger charge is -2.15. The van der Waals surface area contributed by atoms with Crippen molar-refractivity contribution >= 4 is 27.9 Å². The summed E-state index contributed by atoms with van der Waals surface area (Å²) in [6, 6.07) is 6.20. The van der Waals surface area contributed by atoms with E-state index in [1.165, 1.54) is 11.3 Å². The molecule has 0 N–H and O–H groups in total. The molecule has 0 unspecified atom stereocenters. The highest BCUT2D eigenvalue weighted by atomic mass is 79.9. The van der Waals surface area contributed by atoms with E-state index >= 15 is 0 Å². The monoisotopic (exact) mass is 303 g/mol. The van der Waals surface area contributed by atoms with E-state index in [2.05, 4.69) is 46.3 Å². The average molecular weight is 304 g/mol. The summed E-state index contributed by atoms with van der Waals surface area (Å²) in [6.45, 7) is 5.96. The maximum Gasteiger partial charge on any atom is 0.133 e. The molecule has 2 nitrogen and oxygen atoms in total. The maximum absolute atomic E-state index is 5.47. The van der Waals surface area contributed by atoms with Crippen LogP contribution in [0.4, 0.5) is 0 Å². The quantitative estimate of drug-likeness (QED) is 0.731. The van der Waals surface area contributed by atoms with Gasteiger partial charge in [0.05, 0.1) is 11.1 Å². The van der Waals surface area contributed by atoms with E-state index in [9.17, 15) is 0 Å². The zero-order valence-corrected chi connectivity index (χ0v) is 12.4. The molecule has 0 saturated carbocycles. The van der Waals surface area contributed by atoms with Gasteiger partial charge in [0.2, 0.25) is 0 Å². The van der Waals surface area contributed by atoms with Crippen molar-refractivity contribution in [1.29, 1.82) is 0 Å². The Morgan fingerprint density at radius 2 is 2.12 bits per heavy atom. The third-order valence-corrected chi connectivity index (χ3v) is 3.58. The number of hydrogen-bond acceptors (Lipinski definition) is 3. The molecule has 0 heterocycles. The minimum Gasteiger partial charge on any atom is -0.493 e. The SMILES string of the molecule is CCCN(C)Sc1ccc(OCC)c(Br)c1. The van der Waals surface area contributed by atoms with Crippen LogP contribution in [0.5, 0.6) is 5.75 Å². The molecule has 1 aromatic rings. The molecule has 16 heavy (non-hydrogen) atoms. The Bertz CT molecular complexity index is 333. The molecule has 90 valence electrons. The van der Waals surface area contributed by atoms with Crippen molar-refractivity contribution in [2.24, 2.45) is 0 Å². The van der Waals surface area contributed by atoms with Crippen LogP contribution in [0.15, 0.2) is 27.6 Å². The molecule has 0 saturated heterocycles. The topological polar surface area (TPSA) is 12.5 Å². The lowest BCUT2D eigenvalue weighted by atomic mass is 10.3. The Morgan fingerprint density at radius 1 is 1.38 bits per heavy atom. The molecular weight excluding hydrogens is 286 g/mol. The van der Waals surface area contributed by atoms with Crippen molar-refractivity contribution in [3.63, 3.8) is 0 Å². The number of nitrogens with zero attached hydrogens (tertiary/aromatic N) is 1. The first-order valence-electron chi connectivity index (χ1n) is 5.48. The Hall–Kier alpha value is -0.190. The van der Waals surface area contributed by atoms with Crippen molar-refractivity contribution in [3.8, 4) is 5.75 Å². The van der Waals surface area contributed by atoms with Crippen LogP contribution in [0.1, 0.15) is 20.3 Å². The van der Waals surface area contributed by atoms with Crippen LogP contribution in [-0.4, -0.2) is 24.5 Å². The largest absolute Gasteiger partial charge is 0.493 e. The molecule has 0 bridgehead atoms. The van der Waals surface area contributed by atoms with Gasteiger partial charge in [-0.1, -0.05) is 6.92 Å². The van der Waals surface area contributed by atoms with Gasteiger partial charge >= 0.3 is 0 Å². The maximum atomic E-state index is 5.47. The lowest BCUT2D eigenvalue weighted by molar-refractivity contribution is 0.338. The summed E-state index contributed by atoms with van der Waals surface area (Å²) < 4.78 is 8.73. The van der Waals surface area contributed by atoms with Gasteiger partial charge in [-0.25, -0.2) is 4.31 Å². The van der Waals surface area contributed by atoms with Crippen molar-refractivity contribution < 1.29 is 4.74 Å². The molecule has 0 aliphatic carbocycles. The molecule has 1 aromatic carbocycles. The molecule has 0 radical (unpaired) electrons. The second-order valence-electron chi connectivity index (χ2n) is 3.47. The van der Waals surface area contributed by atoms with Crippen LogP contribution in [-0.2, 0) is 0 Å². The van der Waals surface area contributed by atoms with E-state index in [4.69, 9.17) is 4.74 Å². The third kappa shape index (κ3) is 4.36. The van der Waals surface area contributed by atoms with Crippen molar-refractivity contribution in [1.82, 2.24) is 4.31 Å². The molecule has 0 aliphatic heterocycles. The minimum absolute atomic E-state index is 0.695. The Labute approximate surface area is 111 Å². The first-order valence-corrected chi connectivity index (χ1v) is 7.05. The van der Waals surface area contributed by atoms with Crippen LogP contribution < -0.4 is 4.74 Å². The summed E-state index contributed by atoms with van der Waals surface area (Å²) in [5.74, 6) is 0.907. The fourth-order valence-electron chi connectivity index (χ4n) is 1.35. The fraction of sp³-hybridized carbons (Fsp3) is 0.500. The fourth-order valence-corrected chi connectivity index (χ4v) is 2.93. The van der Waals surface area contributed by atoms with Gasteiger partial charge in [-0.2, -0.15) is 0 Å². The highest BCUT2D eigenvalue weighted by Gasteiger charge is 2.05. The molecule has 0 aromatic heterocycles. The van der Waals surface area contributed by atoms with E-state index in [1.54, 1.807) is 11.9 Å². The number of hydrogen-bond donors (Lipinski definition) is 0. The van der Waals surface area contributed by atoms with Gasteiger partial charge in [0, 0.05) is 11.4 Å². The van der Waals surface area contributed by atoms with Crippen molar-refractivity contribution in [3.05, 3.63) is 22.7 Å². The number of benzene rings is 1. The smallest absolute Gasteiger partial charge is 0.133 e. The summed E-state index contributed by atoms with van der Waals surface area (Å²) in [5.41, 5.74) is 0. The van der Waals surface area contributed by atoms with Crippen LogP contribution >= 0.6 is 27.9 Å². The van der Waals surface area contributed by atoms with E-state index < -0.39 is 0 Å². The number of halogens is 1. The number of rotatable bonds is 6. The van der Waals surface area contributed by atoms with Gasteiger partial charge in [-0.3, -0.25) is 0 Å². The standard InChI is InChI=1S/C12H18BrNOS/c1-4-8-14(3)16-10-6-7-12(15-5-2)11(13)9-10/h6-7,9H,4-5,8H2,1-3H3.